The lowest BCUT2D eigenvalue weighted by Crippen LogP contribution is -2.26. The molecule has 0 saturated heterocycles. The van der Waals surface area contributed by atoms with Crippen molar-refractivity contribution in [1.29, 1.82) is 0 Å². The third-order valence-electron chi connectivity index (χ3n) is 2.32. The summed E-state index contributed by atoms with van der Waals surface area (Å²) in [4.78, 5) is 21.5. The molecule has 108 valence electrons. The number of ether oxygens (including phenoxy) is 1. The SMILES string of the molecule is C=COCCCNC(=O)c1cc(F)c(F)cc1[N+](=O)[O-]. The lowest BCUT2D eigenvalue weighted by molar-refractivity contribution is -0.385. The van der Waals surface area contributed by atoms with Gasteiger partial charge in [-0.2, -0.15) is 0 Å². The number of nitrogens with one attached hydrogen (secondary N) is 1. The van der Waals surface area contributed by atoms with Crippen LogP contribution in [0.4, 0.5) is 14.5 Å². The molecule has 1 aromatic rings. The molecule has 1 rings (SSSR count). The van der Waals surface area contributed by atoms with Crippen molar-refractivity contribution in [2.24, 2.45) is 0 Å². The number of hydrogen-bond donors (Lipinski definition) is 1. The molecule has 8 heteroatoms. The van der Waals surface area contributed by atoms with Crippen molar-refractivity contribution >= 4 is 11.6 Å². The Morgan fingerprint density at radius 1 is 1.45 bits per heavy atom. The summed E-state index contributed by atoms with van der Waals surface area (Å²) >= 11 is 0. The Hall–Kier alpha value is -2.51. The molecule has 0 aromatic heterocycles. The molecule has 20 heavy (non-hydrogen) atoms. The molecule has 0 atom stereocenters. The van der Waals surface area contributed by atoms with Gasteiger partial charge in [0, 0.05) is 6.54 Å². The first-order valence-corrected chi connectivity index (χ1v) is 5.61. The van der Waals surface area contributed by atoms with Gasteiger partial charge < -0.3 is 10.1 Å². The van der Waals surface area contributed by atoms with Gasteiger partial charge >= 0.3 is 0 Å². The number of halogens is 2. The van der Waals surface area contributed by atoms with Gasteiger partial charge in [0.15, 0.2) is 11.6 Å². The van der Waals surface area contributed by atoms with Crippen LogP contribution in [0, 0.1) is 21.7 Å². The van der Waals surface area contributed by atoms with Gasteiger partial charge in [-0.25, -0.2) is 8.78 Å². The summed E-state index contributed by atoms with van der Waals surface area (Å²) in [7, 11) is 0. The minimum Gasteiger partial charge on any atom is -0.502 e. The highest BCUT2D eigenvalue weighted by atomic mass is 19.2. The number of carbonyl (C=O) groups excluding carboxylic acids is 1. The van der Waals surface area contributed by atoms with Gasteiger partial charge in [-0.05, 0) is 12.5 Å². The third kappa shape index (κ3) is 4.01. The second-order valence-electron chi connectivity index (χ2n) is 3.69. The molecule has 0 radical (unpaired) electrons. The molecule has 1 amide bonds. The molecule has 0 fully saturated rings. The number of hydrogen-bond acceptors (Lipinski definition) is 4. The largest absolute Gasteiger partial charge is 0.502 e. The molecule has 0 spiro atoms. The van der Waals surface area contributed by atoms with E-state index in [9.17, 15) is 23.7 Å². The van der Waals surface area contributed by atoms with Crippen LogP contribution in [-0.2, 0) is 4.74 Å². The summed E-state index contributed by atoms with van der Waals surface area (Å²) < 4.78 is 30.8. The average Bonchev–Trinajstić information content (AvgIpc) is 2.40. The van der Waals surface area contributed by atoms with Crippen LogP contribution in [0.25, 0.3) is 0 Å². The zero-order chi connectivity index (χ0) is 15.1. The van der Waals surface area contributed by atoms with Crippen molar-refractivity contribution in [2.45, 2.75) is 6.42 Å². The van der Waals surface area contributed by atoms with E-state index in [2.05, 4.69) is 11.9 Å². The topological polar surface area (TPSA) is 81.5 Å². The zero-order valence-corrected chi connectivity index (χ0v) is 10.4. The Bertz CT molecular complexity index is 534. The predicted molar refractivity (Wildman–Crippen MR) is 66.1 cm³/mol. The van der Waals surface area contributed by atoms with Crippen LogP contribution in [0.15, 0.2) is 25.0 Å². The van der Waals surface area contributed by atoms with E-state index in [1.54, 1.807) is 0 Å². The first-order valence-electron chi connectivity index (χ1n) is 5.61. The Labute approximate surface area is 113 Å². The molecule has 6 nitrogen and oxygen atoms in total. The van der Waals surface area contributed by atoms with Crippen LogP contribution >= 0.6 is 0 Å². The fourth-order valence-electron chi connectivity index (χ4n) is 1.41. The lowest BCUT2D eigenvalue weighted by atomic mass is 10.1. The van der Waals surface area contributed by atoms with Gasteiger partial charge in [-0.15, -0.1) is 0 Å². The number of nitrogens with zero attached hydrogens (tertiary/aromatic N) is 1. The summed E-state index contributed by atoms with van der Waals surface area (Å²) in [6.07, 6.45) is 1.68. The zero-order valence-electron chi connectivity index (χ0n) is 10.4. The maximum atomic E-state index is 13.1. The highest BCUT2D eigenvalue weighted by Crippen LogP contribution is 2.22. The normalized spacial score (nSPS) is 9.90. The molecule has 0 unspecified atom stereocenters. The predicted octanol–water partition coefficient (Wildman–Crippen LogP) is 2.15. The van der Waals surface area contributed by atoms with Crippen LogP contribution in [0.5, 0.6) is 0 Å². The molecular weight excluding hydrogens is 274 g/mol. The first kappa shape index (κ1) is 15.5. The summed E-state index contributed by atoms with van der Waals surface area (Å²) in [5, 5.41) is 13.1. The second kappa shape index (κ2) is 7.17. The fourth-order valence-corrected chi connectivity index (χ4v) is 1.41. The van der Waals surface area contributed by atoms with Crippen molar-refractivity contribution in [3.63, 3.8) is 0 Å². The van der Waals surface area contributed by atoms with E-state index in [4.69, 9.17) is 4.74 Å². The molecule has 0 saturated carbocycles. The Morgan fingerprint density at radius 3 is 2.70 bits per heavy atom. The van der Waals surface area contributed by atoms with Crippen molar-refractivity contribution in [3.8, 4) is 0 Å². The van der Waals surface area contributed by atoms with E-state index in [0.717, 1.165) is 0 Å². The van der Waals surface area contributed by atoms with Gasteiger partial charge in [0.1, 0.15) is 5.56 Å². The van der Waals surface area contributed by atoms with Crippen molar-refractivity contribution in [1.82, 2.24) is 5.32 Å². The first-order chi connectivity index (χ1) is 9.47. The average molecular weight is 286 g/mol. The van der Waals surface area contributed by atoms with Gasteiger partial charge in [0.2, 0.25) is 0 Å². The minimum atomic E-state index is -1.38. The summed E-state index contributed by atoms with van der Waals surface area (Å²) in [5.41, 5.74) is -1.32. The molecule has 1 N–H and O–H groups in total. The molecule has 0 bridgehead atoms. The van der Waals surface area contributed by atoms with Crippen molar-refractivity contribution in [3.05, 3.63) is 52.3 Å². The van der Waals surface area contributed by atoms with Gasteiger partial charge in [0.05, 0.1) is 23.9 Å². The smallest absolute Gasteiger partial charge is 0.285 e. The number of carbonyl (C=O) groups is 1. The molecular formula is C12H12F2N2O4. The fraction of sp³-hybridized carbons (Fsp3) is 0.250. The van der Waals surface area contributed by atoms with E-state index in [1.165, 1.54) is 6.26 Å². The van der Waals surface area contributed by atoms with E-state index in [1.807, 2.05) is 0 Å². The van der Waals surface area contributed by atoms with Crippen LogP contribution in [0.1, 0.15) is 16.8 Å². The highest BCUT2D eigenvalue weighted by Gasteiger charge is 2.23. The molecule has 0 aliphatic rings. The number of nitro groups is 1. The number of amides is 1. The van der Waals surface area contributed by atoms with E-state index < -0.39 is 33.7 Å². The maximum absolute atomic E-state index is 13.1. The Morgan fingerprint density at radius 2 is 2.10 bits per heavy atom. The number of benzene rings is 1. The van der Waals surface area contributed by atoms with Crippen LogP contribution in [0.2, 0.25) is 0 Å². The monoisotopic (exact) mass is 286 g/mol. The van der Waals surface area contributed by atoms with Crippen LogP contribution in [-0.4, -0.2) is 24.0 Å². The van der Waals surface area contributed by atoms with Gasteiger partial charge in [-0.3, -0.25) is 14.9 Å². The Balaban J connectivity index is 2.79. The van der Waals surface area contributed by atoms with Crippen molar-refractivity contribution < 1.29 is 23.2 Å². The van der Waals surface area contributed by atoms with E-state index >= 15 is 0 Å². The quantitative estimate of drug-likeness (QED) is 0.360. The Kier molecular flexibility index (Phi) is 5.57. The number of nitro benzene ring substituents is 1. The van der Waals surface area contributed by atoms with Crippen LogP contribution in [0.3, 0.4) is 0 Å². The summed E-state index contributed by atoms with van der Waals surface area (Å²) in [6.45, 7) is 3.81. The van der Waals surface area contributed by atoms with Crippen LogP contribution < -0.4 is 5.32 Å². The number of rotatable bonds is 7. The maximum Gasteiger partial charge on any atom is 0.285 e. The van der Waals surface area contributed by atoms with Gasteiger partial charge in [0.25, 0.3) is 11.6 Å². The van der Waals surface area contributed by atoms with Gasteiger partial charge in [-0.1, -0.05) is 6.58 Å². The van der Waals surface area contributed by atoms with Crippen molar-refractivity contribution in [2.75, 3.05) is 13.2 Å². The standard InChI is InChI=1S/C12H12F2N2O4/c1-2-20-5-3-4-15-12(17)8-6-9(13)10(14)7-11(8)16(18)19/h2,6-7H,1,3-5H2,(H,15,17). The van der Waals surface area contributed by atoms with E-state index in [0.29, 0.717) is 25.2 Å². The highest BCUT2D eigenvalue weighted by molar-refractivity contribution is 5.98. The molecule has 0 heterocycles. The van der Waals surface area contributed by atoms with E-state index in [-0.39, 0.29) is 6.54 Å². The minimum absolute atomic E-state index is 0.169. The second-order valence-corrected chi connectivity index (χ2v) is 3.69. The summed E-state index contributed by atoms with van der Waals surface area (Å²) in [6, 6.07) is 0.883. The lowest BCUT2D eigenvalue weighted by Gasteiger charge is -2.06. The molecule has 1 aromatic carbocycles. The molecule has 0 aliphatic carbocycles. The third-order valence-corrected chi connectivity index (χ3v) is 2.32. The summed E-state index contributed by atoms with van der Waals surface area (Å²) in [5.74, 6) is -3.56. The molecule has 0 aliphatic heterocycles.